The van der Waals surface area contributed by atoms with Gasteiger partial charge >= 0.3 is 5.77 Å². The van der Waals surface area contributed by atoms with Crippen LogP contribution in [0, 0.1) is 0 Å². The molecule has 0 bridgehead atoms. The third-order valence-electron chi connectivity index (χ3n) is 3.74. The first kappa shape index (κ1) is 23.9. The standard InChI is InChI=1S/C18H39O2PS2/c1-4-7-10-13-16-20-21(19,22-17-14-11-8-5-2)23-18-15-12-9-6-3/h4-18H2,1-3H3. The number of hydrogen-bond acceptors (Lipinski definition) is 4. The van der Waals surface area contributed by atoms with Crippen molar-refractivity contribution in [3.05, 3.63) is 0 Å². The molecule has 0 aromatic rings. The van der Waals surface area contributed by atoms with Crippen LogP contribution in [0.1, 0.15) is 97.8 Å². The Balaban J connectivity index is 4.03. The van der Waals surface area contributed by atoms with E-state index < -0.39 is 5.77 Å². The van der Waals surface area contributed by atoms with Gasteiger partial charge in [-0.1, -0.05) is 101 Å². The molecule has 23 heavy (non-hydrogen) atoms. The largest absolute Gasteiger partial charge is 0.314 e. The molecule has 140 valence electrons. The van der Waals surface area contributed by atoms with Crippen molar-refractivity contribution in [2.75, 3.05) is 18.1 Å². The van der Waals surface area contributed by atoms with Gasteiger partial charge in [-0.25, -0.2) is 0 Å². The molecule has 0 aromatic carbocycles. The van der Waals surface area contributed by atoms with E-state index in [-0.39, 0.29) is 0 Å². The monoisotopic (exact) mass is 382 g/mol. The van der Waals surface area contributed by atoms with E-state index in [0.29, 0.717) is 6.61 Å². The van der Waals surface area contributed by atoms with E-state index in [4.69, 9.17) is 4.52 Å². The highest BCUT2D eigenvalue weighted by atomic mass is 33.1. The first-order valence-corrected chi connectivity index (χ1v) is 14.5. The molecule has 0 aliphatic carbocycles. The average Bonchev–Trinajstić information content (AvgIpc) is 2.54. The Morgan fingerprint density at radius 3 is 1.52 bits per heavy atom. The summed E-state index contributed by atoms with van der Waals surface area (Å²) in [4.78, 5) is 0. The molecule has 0 saturated heterocycles. The summed E-state index contributed by atoms with van der Waals surface area (Å²) in [6.07, 6.45) is 14.6. The zero-order valence-corrected chi connectivity index (χ0v) is 18.2. The summed E-state index contributed by atoms with van der Waals surface area (Å²) < 4.78 is 18.9. The molecule has 5 heteroatoms. The molecule has 0 atom stereocenters. The molecule has 0 unspecified atom stereocenters. The Labute approximate surface area is 153 Å². The third kappa shape index (κ3) is 16.1. The number of unbranched alkanes of at least 4 members (excludes halogenated alkanes) is 9. The Hall–Kier alpha value is 0.890. The maximum absolute atomic E-state index is 13.0. The maximum Gasteiger partial charge on any atom is 0.313 e. The van der Waals surface area contributed by atoms with E-state index in [1.165, 1.54) is 57.8 Å². The fraction of sp³-hybridized carbons (Fsp3) is 1.00. The van der Waals surface area contributed by atoms with Crippen molar-refractivity contribution in [2.24, 2.45) is 0 Å². The van der Waals surface area contributed by atoms with E-state index in [2.05, 4.69) is 20.8 Å². The fourth-order valence-electron chi connectivity index (χ4n) is 2.23. The molecule has 0 rings (SSSR count). The van der Waals surface area contributed by atoms with Crippen LogP contribution >= 0.6 is 28.5 Å². The number of hydrogen-bond donors (Lipinski definition) is 0. The summed E-state index contributed by atoms with van der Waals surface area (Å²) in [5, 5.41) is 0. The molecule has 2 nitrogen and oxygen atoms in total. The molecule has 0 heterocycles. The lowest BCUT2D eigenvalue weighted by Crippen LogP contribution is -1.92. The first-order chi connectivity index (χ1) is 11.2. The summed E-state index contributed by atoms with van der Waals surface area (Å²) in [5.74, 6) is -0.571. The van der Waals surface area contributed by atoms with E-state index in [9.17, 15) is 4.57 Å². The predicted octanol–water partition coefficient (Wildman–Crippen LogP) is 8.32. The minimum atomic E-state index is -2.53. The molecule has 0 aliphatic heterocycles. The highest BCUT2D eigenvalue weighted by molar-refractivity contribution is 8.89. The second-order valence-corrected chi connectivity index (χ2v) is 13.7. The second-order valence-electron chi connectivity index (χ2n) is 6.13. The summed E-state index contributed by atoms with van der Waals surface area (Å²) >= 11 is 3.20. The van der Waals surface area contributed by atoms with Crippen LogP contribution in [-0.2, 0) is 9.09 Å². The molecule has 0 amide bonds. The Bertz CT molecular complexity index is 245. The van der Waals surface area contributed by atoms with Crippen LogP contribution in [0.25, 0.3) is 0 Å². The fourth-order valence-corrected chi connectivity index (χ4v) is 9.16. The van der Waals surface area contributed by atoms with Crippen molar-refractivity contribution in [3.8, 4) is 0 Å². The zero-order chi connectivity index (χ0) is 17.2. The third-order valence-corrected chi connectivity index (χ3v) is 11.3. The van der Waals surface area contributed by atoms with Gasteiger partial charge in [0.15, 0.2) is 0 Å². The van der Waals surface area contributed by atoms with Gasteiger partial charge < -0.3 is 4.52 Å². The van der Waals surface area contributed by atoms with E-state index >= 15 is 0 Å². The van der Waals surface area contributed by atoms with Crippen molar-refractivity contribution in [1.82, 2.24) is 0 Å². The minimum absolute atomic E-state index is 0.668. The summed E-state index contributed by atoms with van der Waals surface area (Å²) in [6.45, 7) is 7.33. The molecule has 0 saturated carbocycles. The van der Waals surface area contributed by atoms with Crippen molar-refractivity contribution >= 4 is 28.5 Å². The normalized spacial score (nSPS) is 12.0. The van der Waals surface area contributed by atoms with Crippen LogP contribution in [0.3, 0.4) is 0 Å². The van der Waals surface area contributed by atoms with E-state index in [1.807, 2.05) is 0 Å². The summed E-state index contributed by atoms with van der Waals surface area (Å²) in [5.41, 5.74) is 0. The van der Waals surface area contributed by atoms with Gasteiger partial charge in [0, 0.05) is 11.5 Å². The highest BCUT2D eigenvalue weighted by Crippen LogP contribution is 2.70. The summed E-state index contributed by atoms with van der Waals surface area (Å²) in [6, 6.07) is 0. The van der Waals surface area contributed by atoms with Crippen LogP contribution < -0.4 is 0 Å². The summed E-state index contributed by atoms with van der Waals surface area (Å²) in [7, 11) is 0. The molecule has 0 spiro atoms. The van der Waals surface area contributed by atoms with Crippen molar-refractivity contribution in [2.45, 2.75) is 97.8 Å². The van der Waals surface area contributed by atoms with Crippen molar-refractivity contribution < 1.29 is 9.09 Å². The molecule has 0 N–H and O–H groups in total. The molecule has 0 aliphatic rings. The van der Waals surface area contributed by atoms with E-state index in [1.54, 1.807) is 22.8 Å². The lowest BCUT2D eigenvalue weighted by molar-refractivity contribution is 0.322. The molecule has 0 aromatic heterocycles. The van der Waals surface area contributed by atoms with Gasteiger partial charge in [-0.2, -0.15) is 0 Å². The van der Waals surface area contributed by atoms with Gasteiger partial charge in [-0.15, -0.1) is 0 Å². The average molecular weight is 383 g/mol. The highest BCUT2D eigenvalue weighted by Gasteiger charge is 2.24. The first-order valence-electron chi connectivity index (χ1n) is 9.72. The lowest BCUT2D eigenvalue weighted by Gasteiger charge is -2.17. The zero-order valence-electron chi connectivity index (χ0n) is 15.7. The molecular weight excluding hydrogens is 343 g/mol. The van der Waals surface area contributed by atoms with Gasteiger partial charge in [0.25, 0.3) is 0 Å². The topological polar surface area (TPSA) is 26.3 Å². The maximum atomic E-state index is 13.0. The lowest BCUT2D eigenvalue weighted by atomic mass is 10.2. The van der Waals surface area contributed by atoms with Gasteiger partial charge in [0.1, 0.15) is 0 Å². The predicted molar refractivity (Wildman–Crippen MR) is 111 cm³/mol. The van der Waals surface area contributed by atoms with Gasteiger partial charge in [0.2, 0.25) is 0 Å². The van der Waals surface area contributed by atoms with Crippen molar-refractivity contribution in [1.29, 1.82) is 0 Å². The van der Waals surface area contributed by atoms with Gasteiger partial charge in [-0.05, 0) is 19.3 Å². The Kier molecular flexibility index (Phi) is 18.4. The smallest absolute Gasteiger partial charge is 0.313 e. The van der Waals surface area contributed by atoms with Gasteiger partial charge in [0.05, 0.1) is 6.61 Å². The van der Waals surface area contributed by atoms with Gasteiger partial charge in [-0.3, -0.25) is 4.57 Å². The van der Waals surface area contributed by atoms with Crippen LogP contribution in [0.5, 0.6) is 0 Å². The molecule has 0 radical (unpaired) electrons. The Morgan fingerprint density at radius 1 is 0.652 bits per heavy atom. The minimum Gasteiger partial charge on any atom is -0.314 e. The second kappa shape index (κ2) is 17.7. The van der Waals surface area contributed by atoms with E-state index in [0.717, 1.165) is 30.8 Å². The SMILES string of the molecule is CCCCCCOP(=O)(SCCCCCC)SCCCCCC. The quantitative estimate of drug-likeness (QED) is 0.176. The Morgan fingerprint density at radius 2 is 1.09 bits per heavy atom. The van der Waals surface area contributed by atoms with Crippen LogP contribution in [0.2, 0.25) is 0 Å². The molecular formula is C18H39O2PS2. The molecule has 0 fully saturated rings. The van der Waals surface area contributed by atoms with Crippen molar-refractivity contribution in [3.63, 3.8) is 0 Å². The van der Waals surface area contributed by atoms with Crippen LogP contribution in [0.4, 0.5) is 0 Å². The number of rotatable bonds is 18. The van der Waals surface area contributed by atoms with Crippen LogP contribution in [-0.4, -0.2) is 18.1 Å². The van der Waals surface area contributed by atoms with Crippen LogP contribution in [0.15, 0.2) is 0 Å².